The second-order valence-corrected chi connectivity index (χ2v) is 3.35. The van der Waals surface area contributed by atoms with Crippen LogP contribution in [0.5, 0.6) is 0 Å². The molecule has 4 heteroatoms. The van der Waals surface area contributed by atoms with E-state index in [-0.39, 0.29) is 5.56 Å². The van der Waals surface area contributed by atoms with E-state index in [1.54, 1.807) is 0 Å². The van der Waals surface area contributed by atoms with Crippen molar-refractivity contribution in [2.45, 2.75) is 25.9 Å². The van der Waals surface area contributed by atoms with Gasteiger partial charge in [0.2, 0.25) is 0 Å². The third-order valence-electron chi connectivity index (χ3n) is 2.17. The Morgan fingerprint density at radius 1 is 1.53 bits per heavy atom. The summed E-state index contributed by atoms with van der Waals surface area (Å²) in [6.07, 6.45) is 0.585. The fourth-order valence-electron chi connectivity index (χ4n) is 1.35. The Labute approximate surface area is 87.2 Å². The van der Waals surface area contributed by atoms with Crippen LogP contribution in [0.1, 0.15) is 41.8 Å². The fraction of sp³-hybridized carbons (Fsp3) is 0.364. The molecule has 0 saturated carbocycles. The summed E-state index contributed by atoms with van der Waals surface area (Å²) in [5, 5.41) is 18.2. The molecule has 0 unspecified atom stereocenters. The predicted octanol–water partition coefficient (Wildman–Crippen LogP) is 2.36. The molecule has 0 fully saturated rings. The summed E-state index contributed by atoms with van der Waals surface area (Å²) in [7, 11) is 0. The number of aliphatic hydroxyl groups excluding tert-OH is 1. The maximum atomic E-state index is 13.2. The van der Waals surface area contributed by atoms with Crippen molar-refractivity contribution in [3.05, 3.63) is 35.1 Å². The minimum Gasteiger partial charge on any atom is -0.478 e. The smallest absolute Gasteiger partial charge is 0.338 e. The van der Waals surface area contributed by atoms with Crippen LogP contribution in [0.3, 0.4) is 0 Å². The summed E-state index contributed by atoms with van der Waals surface area (Å²) in [6, 6.07) is 3.68. The van der Waals surface area contributed by atoms with Crippen LogP contribution < -0.4 is 0 Å². The van der Waals surface area contributed by atoms with Crippen LogP contribution in [0.2, 0.25) is 0 Å². The summed E-state index contributed by atoms with van der Waals surface area (Å²) in [5.41, 5.74) is 0.0433. The molecule has 1 atom stereocenters. The summed E-state index contributed by atoms with van der Waals surface area (Å²) in [6.45, 7) is 1.91. The molecule has 0 bridgehead atoms. The average molecular weight is 212 g/mol. The molecule has 0 aliphatic rings. The molecule has 3 nitrogen and oxygen atoms in total. The van der Waals surface area contributed by atoms with Crippen molar-refractivity contribution in [2.24, 2.45) is 0 Å². The summed E-state index contributed by atoms with van der Waals surface area (Å²) in [4.78, 5) is 10.5. The number of hydrogen-bond donors (Lipinski definition) is 2. The van der Waals surface area contributed by atoms with Crippen molar-refractivity contribution < 1.29 is 19.4 Å². The SMILES string of the molecule is CCC[C@@H](O)c1ccc(C(=O)O)c(F)c1. The van der Waals surface area contributed by atoms with E-state index in [1.165, 1.54) is 12.1 Å². The maximum absolute atomic E-state index is 13.2. The Balaban J connectivity index is 2.96. The molecular weight excluding hydrogens is 199 g/mol. The van der Waals surface area contributed by atoms with E-state index in [1.807, 2.05) is 6.92 Å². The fourth-order valence-corrected chi connectivity index (χ4v) is 1.35. The van der Waals surface area contributed by atoms with Gasteiger partial charge in [-0.2, -0.15) is 0 Å². The molecule has 0 radical (unpaired) electrons. The summed E-state index contributed by atoms with van der Waals surface area (Å²) in [5.74, 6) is -2.11. The van der Waals surface area contributed by atoms with Gasteiger partial charge in [-0.1, -0.05) is 19.4 Å². The first-order valence-electron chi connectivity index (χ1n) is 4.77. The molecule has 1 aromatic carbocycles. The average Bonchev–Trinajstić information content (AvgIpc) is 2.17. The van der Waals surface area contributed by atoms with Gasteiger partial charge in [0.25, 0.3) is 0 Å². The number of aromatic carboxylic acids is 1. The van der Waals surface area contributed by atoms with Crippen LogP contribution in [0.25, 0.3) is 0 Å². The van der Waals surface area contributed by atoms with E-state index in [0.717, 1.165) is 12.5 Å². The standard InChI is InChI=1S/C11H13FO3/c1-2-3-10(13)7-4-5-8(11(14)15)9(12)6-7/h4-6,10,13H,2-3H2,1H3,(H,14,15)/t10-/m1/s1. The minimum absolute atomic E-state index is 0.373. The van der Waals surface area contributed by atoms with Crippen molar-refractivity contribution in [1.29, 1.82) is 0 Å². The highest BCUT2D eigenvalue weighted by Gasteiger charge is 2.13. The van der Waals surface area contributed by atoms with Gasteiger partial charge in [0.1, 0.15) is 5.82 Å². The normalized spacial score (nSPS) is 12.5. The first kappa shape index (κ1) is 11.7. The van der Waals surface area contributed by atoms with Crippen LogP contribution in [0, 0.1) is 5.82 Å². The van der Waals surface area contributed by atoms with Gasteiger partial charge in [0, 0.05) is 0 Å². The quantitative estimate of drug-likeness (QED) is 0.805. The van der Waals surface area contributed by atoms with Gasteiger partial charge in [0.15, 0.2) is 0 Å². The first-order valence-corrected chi connectivity index (χ1v) is 4.77. The predicted molar refractivity (Wildman–Crippen MR) is 53.2 cm³/mol. The van der Waals surface area contributed by atoms with E-state index in [4.69, 9.17) is 5.11 Å². The second-order valence-electron chi connectivity index (χ2n) is 3.35. The second kappa shape index (κ2) is 4.89. The molecule has 0 spiro atoms. The molecule has 0 heterocycles. The van der Waals surface area contributed by atoms with Crippen LogP contribution in [0.15, 0.2) is 18.2 Å². The maximum Gasteiger partial charge on any atom is 0.338 e. The molecule has 1 rings (SSSR count). The lowest BCUT2D eigenvalue weighted by Crippen LogP contribution is -2.03. The van der Waals surface area contributed by atoms with Crippen molar-refractivity contribution in [3.8, 4) is 0 Å². The molecule has 0 saturated heterocycles. The summed E-state index contributed by atoms with van der Waals surface area (Å²) >= 11 is 0. The zero-order chi connectivity index (χ0) is 11.4. The number of aliphatic hydroxyl groups is 1. The Morgan fingerprint density at radius 3 is 2.67 bits per heavy atom. The molecule has 0 aliphatic carbocycles. The molecule has 1 aromatic rings. The number of carbonyl (C=O) groups is 1. The first-order chi connectivity index (χ1) is 7.06. The molecular formula is C11H13FO3. The highest BCUT2D eigenvalue weighted by molar-refractivity contribution is 5.87. The zero-order valence-corrected chi connectivity index (χ0v) is 8.40. The van der Waals surface area contributed by atoms with Gasteiger partial charge in [-0.05, 0) is 24.1 Å². The van der Waals surface area contributed by atoms with Crippen molar-refractivity contribution in [3.63, 3.8) is 0 Å². The molecule has 0 aliphatic heterocycles. The van der Waals surface area contributed by atoms with Crippen LogP contribution in [0.4, 0.5) is 4.39 Å². The van der Waals surface area contributed by atoms with E-state index in [0.29, 0.717) is 12.0 Å². The van der Waals surface area contributed by atoms with E-state index in [2.05, 4.69) is 0 Å². The van der Waals surface area contributed by atoms with E-state index in [9.17, 15) is 14.3 Å². The van der Waals surface area contributed by atoms with Crippen molar-refractivity contribution >= 4 is 5.97 Å². The van der Waals surface area contributed by atoms with Crippen molar-refractivity contribution in [1.82, 2.24) is 0 Å². The Morgan fingerprint density at radius 2 is 2.20 bits per heavy atom. The lowest BCUT2D eigenvalue weighted by molar-refractivity contribution is 0.0691. The number of carboxylic acids is 1. The lowest BCUT2D eigenvalue weighted by atomic mass is 10.0. The number of rotatable bonds is 4. The monoisotopic (exact) mass is 212 g/mol. The minimum atomic E-state index is -1.30. The number of halogens is 1. The van der Waals surface area contributed by atoms with Crippen LogP contribution in [-0.2, 0) is 0 Å². The van der Waals surface area contributed by atoms with Gasteiger partial charge >= 0.3 is 5.97 Å². The third kappa shape index (κ3) is 2.76. The van der Waals surface area contributed by atoms with Crippen LogP contribution >= 0.6 is 0 Å². The molecule has 2 N–H and O–H groups in total. The Hall–Kier alpha value is -1.42. The van der Waals surface area contributed by atoms with Gasteiger partial charge in [-0.25, -0.2) is 9.18 Å². The van der Waals surface area contributed by atoms with E-state index < -0.39 is 17.9 Å². The van der Waals surface area contributed by atoms with Gasteiger partial charge in [-0.3, -0.25) is 0 Å². The lowest BCUT2D eigenvalue weighted by Gasteiger charge is -2.10. The van der Waals surface area contributed by atoms with Crippen LogP contribution in [-0.4, -0.2) is 16.2 Å². The summed E-state index contributed by atoms with van der Waals surface area (Å²) < 4.78 is 13.2. The highest BCUT2D eigenvalue weighted by atomic mass is 19.1. The highest BCUT2D eigenvalue weighted by Crippen LogP contribution is 2.20. The third-order valence-corrected chi connectivity index (χ3v) is 2.17. The Bertz CT molecular complexity index is 363. The van der Waals surface area contributed by atoms with E-state index >= 15 is 0 Å². The topological polar surface area (TPSA) is 57.5 Å². The Kier molecular flexibility index (Phi) is 3.80. The number of benzene rings is 1. The zero-order valence-electron chi connectivity index (χ0n) is 8.40. The number of carboxylic acid groups (broad SMARTS) is 1. The molecule has 0 amide bonds. The van der Waals surface area contributed by atoms with Crippen molar-refractivity contribution in [2.75, 3.05) is 0 Å². The molecule has 0 aromatic heterocycles. The molecule has 82 valence electrons. The largest absolute Gasteiger partial charge is 0.478 e. The van der Waals surface area contributed by atoms with Gasteiger partial charge in [-0.15, -0.1) is 0 Å². The van der Waals surface area contributed by atoms with Gasteiger partial charge < -0.3 is 10.2 Å². The van der Waals surface area contributed by atoms with Gasteiger partial charge in [0.05, 0.1) is 11.7 Å². The molecule has 15 heavy (non-hydrogen) atoms. The number of hydrogen-bond acceptors (Lipinski definition) is 2.